The first kappa shape index (κ1) is 13.8. The second-order valence-corrected chi connectivity index (χ2v) is 3.86. The molecule has 1 atom stereocenters. The summed E-state index contributed by atoms with van der Waals surface area (Å²) < 4.78 is 37.2. The smallest absolute Gasteiger partial charge is 0.389 e. The number of rotatable bonds is 4. The molecule has 0 radical (unpaired) electrons. The predicted octanol–water partition coefficient (Wildman–Crippen LogP) is 3.13. The molecule has 2 nitrogen and oxygen atoms in total. The minimum Gasteiger partial charge on any atom is -0.389 e. The van der Waals surface area contributed by atoms with Crippen LogP contribution < -0.4 is 4.90 Å². The van der Waals surface area contributed by atoms with Crippen molar-refractivity contribution >= 4 is 5.69 Å². The highest BCUT2D eigenvalue weighted by Gasteiger charge is 2.31. The number of nitrogens with zero attached hydrogens (tertiary/aromatic N) is 1. The summed E-state index contributed by atoms with van der Waals surface area (Å²) in [5.74, 6) is 0. The van der Waals surface area contributed by atoms with Gasteiger partial charge < -0.3 is 10.0 Å². The van der Waals surface area contributed by atoms with Gasteiger partial charge in [-0.05, 0) is 19.9 Å². The molecule has 0 spiro atoms. The fraction of sp³-hybridized carbons (Fsp3) is 0.500. The molecule has 0 saturated carbocycles. The number of hydrogen-bond donors (Lipinski definition) is 1. The van der Waals surface area contributed by atoms with Gasteiger partial charge in [0.2, 0.25) is 0 Å². The summed E-state index contributed by atoms with van der Waals surface area (Å²) in [4.78, 5) is 1.21. The monoisotopic (exact) mass is 247 g/mol. The molecule has 1 aromatic rings. The van der Waals surface area contributed by atoms with Gasteiger partial charge in [0.1, 0.15) is 6.54 Å². The molecule has 0 aliphatic rings. The van der Waals surface area contributed by atoms with Gasteiger partial charge in [-0.25, -0.2) is 0 Å². The molecule has 0 aliphatic heterocycles. The van der Waals surface area contributed by atoms with E-state index in [4.69, 9.17) is 0 Å². The van der Waals surface area contributed by atoms with Crippen molar-refractivity contribution in [3.63, 3.8) is 0 Å². The number of halogens is 3. The predicted molar refractivity (Wildman–Crippen MR) is 61.0 cm³/mol. The van der Waals surface area contributed by atoms with E-state index in [9.17, 15) is 18.3 Å². The Kier molecular flexibility index (Phi) is 4.40. The van der Waals surface area contributed by atoms with E-state index in [0.717, 1.165) is 0 Å². The van der Waals surface area contributed by atoms with E-state index in [1.54, 1.807) is 38.1 Å². The lowest BCUT2D eigenvalue weighted by molar-refractivity contribution is -0.119. The third kappa shape index (κ3) is 3.93. The van der Waals surface area contributed by atoms with Crippen LogP contribution in [0.3, 0.4) is 0 Å². The molecule has 0 bridgehead atoms. The van der Waals surface area contributed by atoms with Crippen LogP contribution in [0.25, 0.3) is 0 Å². The highest BCUT2D eigenvalue weighted by Crippen LogP contribution is 2.28. The number of benzene rings is 1. The summed E-state index contributed by atoms with van der Waals surface area (Å²) in [6.07, 6.45) is -5.03. The Labute approximate surface area is 98.7 Å². The molecule has 0 fully saturated rings. The summed E-state index contributed by atoms with van der Waals surface area (Å²) >= 11 is 0. The van der Waals surface area contributed by atoms with E-state index in [1.165, 1.54) is 4.90 Å². The van der Waals surface area contributed by atoms with Crippen LogP contribution in [0.2, 0.25) is 0 Å². The van der Waals surface area contributed by atoms with Crippen LogP contribution in [0.5, 0.6) is 0 Å². The molecular formula is C12H16F3NO. The fourth-order valence-corrected chi connectivity index (χ4v) is 1.71. The van der Waals surface area contributed by atoms with Crippen molar-refractivity contribution in [2.75, 3.05) is 18.0 Å². The molecule has 1 rings (SSSR count). The van der Waals surface area contributed by atoms with Gasteiger partial charge in [-0.3, -0.25) is 0 Å². The molecule has 0 amide bonds. The van der Waals surface area contributed by atoms with Crippen LogP contribution in [0.1, 0.15) is 25.5 Å². The number of aliphatic hydroxyl groups is 1. The van der Waals surface area contributed by atoms with E-state index in [0.29, 0.717) is 11.3 Å². The van der Waals surface area contributed by atoms with Crippen molar-refractivity contribution in [1.29, 1.82) is 0 Å². The highest BCUT2D eigenvalue weighted by molar-refractivity contribution is 5.54. The Morgan fingerprint density at radius 1 is 1.29 bits per heavy atom. The molecular weight excluding hydrogens is 231 g/mol. The van der Waals surface area contributed by atoms with Gasteiger partial charge in [-0.1, -0.05) is 18.2 Å². The number of alkyl halides is 3. The quantitative estimate of drug-likeness (QED) is 0.883. The Hall–Kier alpha value is -1.23. The number of anilines is 1. The zero-order chi connectivity index (χ0) is 13.1. The van der Waals surface area contributed by atoms with Crippen LogP contribution in [0.15, 0.2) is 24.3 Å². The third-order valence-corrected chi connectivity index (χ3v) is 2.48. The van der Waals surface area contributed by atoms with Crippen molar-refractivity contribution in [2.24, 2.45) is 0 Å². The second kappa shape index (κ2) is 5.40. The number of aliphatic hydroxyl groups excluding tert-OH is 1. The van der Waals surface area contributed by atoms with Crippen molar-refractivity contribution in [3.8, 4) is 0 Å². The van der Waals surface area contributed by atoms with Crippen LogP contribution in [-0.4, -0.2) is 24.4 Å². The zero-order valence-corrected chi connectivity index (χ0v) is 9.83. The fourth-order valence-electron chi connectivity index (χ4n) is 1.71. The lowest BCUT2D eigenvalue weighted by atomic mass is 10.1. The van der Waals surface area contributed by atoms with Crippen LogP contribution in [-0.2, 0) is 0 Å². The maximum Gasteiger partial charge on any atom is 0.405 e. The maximum atomic E-state index is 12.4. The first-order valence-corrected chi connectivity index (χ1v) is 5.44. The van der Waals surface area contributed by atoms with Crippen LogP contribution in [0, 0.1) is 0 Å². The summed E-state index contributed by atoms with van der Waals surface area (Å²) in [6.45, 7) is 2.43. The van der Waals surface area contributed by atoms with Crippen molar-refractivity contribution in [1.82, 2.24) is 0 Å². The van der Waals surface area contributed by atoms with Gasteiger partial charge >= 0.3 is 6.18 Å². The van der Waals surface area contributed by atoms with Crippen molar-refractivity contribution in [2.45, 2.75) is 26.1 Å². The Balaban J connectivity index is 3.03. The second-order valence-electron chi connectivity index (χ2n) is 3.86. The van der Waals surface area contributed by atoms with Crippen LogP contribution in [0.4, 0.5) is 18.9 Å². The molecule has 1 aromatic carbocycles. The van der Waals surface area contributed by atoms with Gasteiger partial charge in [-0.15, -0.1) is 0 Å². The number of para-hydroxylation sites is 1. The van der Waals surface area contributed by atoms with E-state index in [1.807, 2.05) is 0 Å². The molecule has 0 saturated heterocycles. The average molecular weight is 247 g/mol. The highest BCUT2D eigenvalue weighted by atomic mass is 19.4. The topological polar surface area (TPSA) is 23.5 Å². The molecule has 0 unspecified atom stereocenters. The normalized spacial score (nSPS) is 13.5. The van der Waals surface area contributed by atoms with Gasteiger partial charge in [-0.2, -0.15) is 13.2 Å². The van der Waals surface area contributed by atoms with Gasteiger partial charge in [0.05, 0.1) is 6.10 Å². The summed E-state index contributed by atoms with van der Waals surface area (Å²) in [7, 11) is 0. The Morgan fingerprint density at radius 3 is 2.35 bits per heavy atom. The third-order valence-electron chi connectivity index (χ3n) is 2.48. The molecule has 5 heteroatoms. The largest absolute Gasteiger partial charge is 0.405 e. The van der Waals surface area contributed by atoms with Crippen molar-refractivity contribution in [3.05, 3.63) is 29.8 Å². The van der Waals surface area contributed by atoms with E-state index in [2.05, 4.69) is 0 Å². The molecule has 1 N–H and O–H groups in total. The summed E-state index contributed by atoms with van der Waals surface area (Å²) in [5.41, 5.74) is 0.945. The first-order valence-electron chi connectivity index (χ1n) is 5.44. The molecule has 0 aromatic heterocycles. The van der Waals surface area contributed by atoms with Crippen LogP contribution >= 0.6 is 0 Å². The minimum atomic E-state index is -4.25. The maximum absolute atomic E-state index is 12.4. The van der Waals surface area contributed by atoms with Crippen molar-refractivity contribution < 1.29 is 18.3 Å². The van der Waals surface area contributed by atoms with Gasteiger partial charge in [0.15, 0.2) is 0 Å². The van der Waals surface area contributed by atoms with Gasteiger partial charge in [0.25, 0.3) is 0 Å². The Bertz CT molecular complexity index is 363. The molecule has 0 aliphatic carbocycles. The van der Waals surface area contributed by atoms with E-state index < -0.39 is 18.8 Å². The molecule has 0 heterocycles. The lowest BCUT2D eigenvalue weighted by Crippen LogP contribution is -2.34. The zero-order valence-electron chi connectivity index (χ0n) is 9.83. The standard InChI is InChI=1S/C12H16F3NO/c1-3-16(8-12(13,14)15)11-7-5-4-6-10(11)9(2)17/h4-7,9,17H,3,8H2,1-2H3/t9-/m1/s1. The Morgan fingerprint density at radius 2 is 1.88 bits per heavy atom. The SMILES string of the molecule is CCN(CC(F)(F)F)c1ccccc1[C@@H](C)O. The van der Waals surface area contributed by atoms with E-state index in [-0.39, 0.29) is 6.54 Å². The molecule has 96 valence electrons. The summed E-state index contributed by atoms with van der Waals surface area (Å²) in [5, 5.41) is 9.54. The molecule has 17 heavy (non-hydrogen) atoms. The average Bonchev–Trinajstić information content (AvgIpc) is 2.24. The minimum absolute atomic E-state index is 0.239. The van der Waals surface area contributed by atoms with E-state index >= 15 is 0 Å². The lowest BCUT2D eigenvalue weighted by Gasteiger charge is -2.27. The number of hydrogen-bond acceptors (Lipinski definition) is 2. The summed E-state index contributed by atoms with van der Waals surface area (Å²) in [6, 6.07) is 6.60. The first-order chi connectivity index (χ1) is 7.85. The van der Waals surface area contributed by atoms with Gasteiger partial charge in [0, 0.05) is 17.8 Å².